The summed E-state index contributed by atoms with van der Waals surface area (Å²) in [5.41, 5.74) is 1.00. The number of nitrogens with one attached hydrogen (secondary N) is 1. The van der Waals surface area contributed by atoms with Crippen molar-refractivity contribution in [3.8, 4) is 11.5 Å². The largest absolute Gasteiger partial charge is 0.455 e. The molecule has 0 aliphatic carbocycles. The van der Waals surface area contributed by atoms with Crippen molar-refractivity contribution in [3.05, 3.63) is 51.7 Å². The molecule has 1 heterocycles. The molecule has 1 N–H and O–H groups in total. The Kier molecular flexibility index (Phi) is 4.58. The molecule has 5 heteroatoms. The minimum Gasteiger partial charge on any atom is -0.455 e. The third kappa shape index (κ3) is 3.45. The quantitative estimate of drug-likeness (QED) is 0.921. The average molecular weight is 328 g/mol. The van der Waals surface area contributed by atoms with Gasteiger partial charge in [0.1, 0.15) is 11.5 Å². The fraction of sp³-hybridized carbons (Fsp3) is 0.154. The molecule has 0 spiro atoms. The van der Waals surface area contributed by atoms with E-state index in [1.165, 1.54) is 0 Å². The van der Waals surface area contributed by atoms with Crippen molar-refractivity contribution in [3.63, 3.8) is 0 Å². The van der Waals surface area contributed by atoms with E-state index in [0.717, 1.165) is 15.8 Å². The smallest absolute Gasteiger partial charge is 0.146 e. The lowest BCUT2D eigenvalue weighted by Crippen LogP contribution is -2.06. The van der Waals surface area contributed by atoms with Crippen LogP contribution in [0, 0.1) is 0 Å². The molecule has 0 unspecified atom stereocenters. The van der Waals surface area contributed by atoms with E-state index in [2.05, 4.69) is 26.2 Å². The Hall–Kier alpha value is -1.10. The molecule has 0 atom stereocenters. The highest BCUT2D eigenvalue weighted by Gasteiger charge is 2.06. The zero-order valence-electron chi connectivity index (χ0n) is 9.78. The number of rotatable bonds is 4. The molecule has 0 saturated heterocycles. The van der Waals surface area contributed by atoms with Crippen LogP contribution in [0.15, 0.2) is 41.1 Å². The molecule has 2 aromatic rings. The van der Waals surface area contributed by atoms with Gasteiger partial charge in [-0.25, -0.2) is 0 Å². The Bertz CT molecular complexity index is 548. The third-order valence-electron chi connectivity index (χ3n) is 2.30. The van der Waals surface area contributed by atoms with Crippen LogP contribution >= 0.6 is 27.5 Å². The molecular weight excluding hydrogens is 316 g/mol. The van der Waals surface area contributed by atoms with Gasteiger partial charge in [-0.15, -0.1) is 0 Å². The molecule has 0 aliphatic rings. The lowest BCUT2D eigenvalue weighted by Gasteiger charge is -2.11. The zero-order chi connectivity index (χ0) is 13.0. The van der Waals surface area contributed by atoms with E-state index in [4.69, 9.17) is 16.3 Å². The van der Waals surface area contributed by atoms with Gasteiger partial charge in [0.05, 0.1) is 6.20 Å². The van der Waals surface area contributed by atoms with Crippen molar-refractivity contribution in [1.82, 2.24) is 10.3 Å². The van der Waals surface area contributed by atoms with Gasteiger partial charge in [-0.05, 0) is 47.2 Å². The van der Waals surface area contributed by atoms with E-state index in [9.17, 15) is 0 Å². The molecular formula is C13H12BrClN2O. The second-order valence-corrected chi connectivity index (χ2v) is 5.08. The first-order valence-corrected chi connectivity index (χ1v) is 6.57. The summed E-state index contributed by atoms with van der Waals surface area (Å²) in [6.45, 7) is 0.692. The highest BCUT2D eigenvalue weighted by Crippen LogP contribution is 2.28. The van der Waals surface area contributed by atoms with Gasteiger partial charge in [-0.3, -0.25) is 4.98 Å². The summed E-state index contributed by atoms with van der Waals surface area (Å²) < 4.78 is 6.69. The maximum atomic E-state index is 5.98. The molecule has 3 nitrogen and oxygen atoms in total. The van der Waals surface area contributed by atoms with Gasteiger partial charge in [0, 0.05) is 27.8 Å². The van der Waals surface area contributed by atoms with Crippen molar-refractivity contribution in [1.29, 1.82) is 0 Å². The fourth-order valence-electron chi connectivity index (χ4n) is 1.55. The number of hydrogen-bond acceptors (Lipinski definition) is 3. The van der Waals surface area contributed by atoms with Gasteiger partial charge >= 0.3 is 0 Å². The molecule has 0 saturated carbocycles. The molecule has 94 valence electrons. The van der Waals surface area contributed by atoms with Gasteiger partial charge in [0.15, 0.2) is 0 Å². The van der Waals surface area contributed by atoms with Crippen molar-refractivity contribution >= 4 is 27.5 Å². The Morgan fingerprint density at radius 1 is 1.33 bits per heavy atom. The van der Waals surface area contributed by atoms with Crippen LogP contribution in [-0.2, 0) is 6.54 Å². The number of ether oxygens (including phenoxy) is 1. The highest BCUT2D eigenvalue weighted by molar-refractivity contribution is 9.10. The van der Waals surface area contributed by atoms with Gasteiger partial charge in [-0.2, -0.15) is 0 Å². The second-order valence-electron chi connectivity index (χ2n) is 3.72. The zero-order valence-corrected chi connectivity index (χ0v) is 12.1. The molecule has 1 aromatic carbocycles. The summed E-state index contributed by atoms with van der Waals surface area (Å²) in [6, 6.07) is 7.42. The molecule has 0 aliphatic heterocycles. The number of pyridine rings is 1. The highest BCUT2D eigenvalue weighted by atomic mass is 79.9. The first-order valence-electron chi connectivity index (χ1n) is 5.40. The number of benzene rings is 1. The molecule has 0 amide bonds. The minimum absolute atomic E-state index is 0.684. The third-order valence-corrected chi connectivity index (χ3v) is 2.97. The lowest BCUT2D eigenvalue weighted by molar-refractivity contribution is 0.471. The first kappa shape index (κ1) is 13.3. The first-order chi connectivity index (χ1) is 8.69. The van der Waals surface area contributed by atoms with Crippen LogP contribution in [0.5, 0.6) is 11.5 Å². The molecule has 2 rings (SSSR count). The van der Waals surface area contributed by atoms with Crippen molar-refractivity contribution < 1.29 is 4.74 Å². The van der Waals surface area contributed by atoms with Crippen LogP contribution in [0.2, 0.25) is 5.02 Å². The molecule has 0 bridgehead atoms. The monoisotopic (exact) mass is 326 g/mol. The Morgan fingerprint density at radius 2 is 2.17 bits per heavy atom. The SMILES string of the molecule is CNCc1cc(Cl)ccc1Oc1cncc(Br)c1. The van der Waals surface area contributed by atoms with Gasteiger partial charge < -0.3 is 10.1 Å². The summed E-state index contributed by atoms with van der Waals surface area (Å²) >= 11 is 9.34. The van der Waals surface area contributed by atoms with E-state index in [1.54, 1.807) is 12.4 Å². The van der Waals surface area contributed by atoms with Gasteiger partial charge in [-0.1, -0.05) is 11.6 Å². The Balaban J connectivity index is 2.28. The van der Waals surface area contributed by atoms with Crippen molar-refractivity contribution in [2.24, 2.45) is 0 Å². The summed E-state index contributed by atoms with van der Waals surface area (Å²) in [4.78, 5) is 4.06. The van der Waals surface area contributed by atoms with E-state index >= 15 is 0 Å². The summed E-state index contributed by atoms with van der Waals surface area (Å²) in [5.74, 6) is 1.46. The number of hydrogen-bond donors (Lipinski definition) is 1. The normalized spacial score (nSPS) is 10.4. The maximum Gasteiger partial charge on any atom is 0.146 e. The van der Waals surface area contributed by atoms with E-state index in [0.29, 0.717) is 17.3 Å². The van der Waals surface area contributed by atoms with Crippen LogP contribution in [0.3, 0.4) is 0 Å². The Labute approximate surface area is 119 Å². The number of halogens is 2. The van der Waals surface area contributed by atoms with Gasteiger partial charge in [0.2, 0.25) is 0 Å². The maximum absolute atomic E-state index is 5.98. The molecule has 0 fully saturated rings. The standard InChI is InChI=1S/C13H12BrClN2O/c1-16-6-9-4-11(15)2-3-13(9)18-12-5-10(14)7-17-8-12/h2-5,7-8,16H,6H2,1H3. The van der Waals surface area contributed by atoms with E-state index in [-0.39, 0.29) is 0 Å². The van der Waals surface area contributed by atoms with Crippen LogP contribution in [0.1, 0.15) is 5.56 Å². The van der Waals surface area contributed by atoms with Crippen LogP contribution < -0.4 is 10.1 Å². The minimum atomic E-state index is 0.684. The van der Waals surface area contributed by atoms with E-state index < -0.39 is 0 Å². The van der Waals surface area contributed by atoms with E-state index in [1.807, 2.05) is 31.3 Å². The summed E-state index contributed by atoms with van der Waals surface area (Å²) in [7, 11) is 1.88. The Morgan fingerprint density at radius 3 is 2.89 bits per heavy atom. The lowest BCUT2D eigenvalue weighted by atomic mass is 10.2. The molecule has 0 radical (unpaired) electrons. The summed E-state index contributed by atoms with van der Waals surface area (Å²) in [6.07, 6.45) is 3.38. The van der Waals surface area contributed by atoms with Crippen molar-refractivity contribution in [2.75, 3.05) is 7.05 Å². The average Bonchev–Trinajstić information content (AvgIpc) is 2.33. The second kappa shape index (κ2) is 6.18. The van der Waals surface area contributed by atoms with Crippen LogP contribution in [0.4, 0.5) is 0 Å². The molecule has 1 aromatic heterocycles. The molecule has 18 heavy (non-hydrogen) atoms. The number of aromatic nitrogens is 1. The topological polar surface area (TPSA) is 34.1 Å². The van der Waals surface area contributed by atoms with Crippen LogP contribution in [-0.4, -0.2) is 12.0 Å². The number of nitrogens with zero attached hydrogens (tertiary/aromatic N) is 1. The fourth-order valence-corrected chi connectivity index (χ4v) is 2.09. The van der Waals surface area contributed by atoms with Crippen LogP contribution in [0.25, 0.3) is 0 Å². The van der Waals surface area contributed by atoms with Gasteiger partial charge in [0.25, 0.3) is 0 Å². The predicted octanol–water partition coefficient (Wildman–Crippen LogP) is 4.01. The van der Waals surface area contributed by atoms with Crippen molar-refractivity contribution in [2.45, 2.75) is 6.54 Å². The summed E-state index contributed by atoms with van der Waals surface area (Å²) in [5, 5.41) is 3.78. The predicted molar refractivity (Wildman–Crippen MR) is 76.2 cm³/mol.